The van der Waals surface area contributed by atoms with E-state index < -0.39 is 6.04 Å². The summed E-state index contributed by atoms with van der Waals surface area (Å²) in [6, 6.07) is 9.61. The summed E-state index contributed by atoms with van der Waals surface area (Å²) >= 11 is 0. The number of H-pyrrole nitrogens is 1. The Labute approximate surface area is 209 Å². The molecule has 1 aromatic heterocycles. The minimum absolute atomic E-state index is 0. The molecule has 9 nitrogen and oxygen atoms in total. The molecule has 9 heteroatoms. The number of nitrogens with zero attached hydrogens (tertiary/aromatic N) is 2. The zero-order chi connectivity index (χ0) is 24.8. The topological polar surface area (TPSA) is 127 Å². The predicted octanol–water partition coefficient (Wildman–Crippen LogP) is 3.47. The molecule has 1 saturated carbocycles. The molecule has 0 radical (unpaired) electrons. The van der Waals surface area contributed by atoms with Crippen LogP contribution in [-0.2, 0) is 9.59 Å². The normalized spacial score (nSPS) is 23.9. The maximum atomic E-state index is 12.8. The van der Waals surface area contributed by atoms with Gasteiger partial charge in [0.25, 0.3) is 5.91 Å². The van der Waals surface area contributed by atoms with E-state index in [1.54, 1.807) is 7.11 Å². The molecule has 4 heterocycles. The minimum atomic E-state index is -0.554. The molecule has 3 aliphatic heterocycles. The third-order valence-electron chi connectivity index (χ3n) is 7.39. The summed E-state index contributed by atoms with van der Waals surface area (Å²) in [6.07, 6.45) is 7.54. The van der Waals surface area contributed by atoms with Gasteiger partial charge in [-0.2, -0.15) is 5.26 Å². The summed E-state index contributed by atoms with van der Waals surface area (Å²) in [5.41, 5.74) is 1.64. The number of aromatic amines is 1. The molecule has 3 amide bonds. The number of hydrogen-bond donors (Lipinski definition) is 3. The van der Waals surface area contributed by atoms with Crippen molar-refractivity contribution in [3.63, 3.8) is 0 Å². The van der Waals surface area contributed by atoms with Gasteiger partial charge in [0.2, 0.25) is 12.3 Å². The van der Waals surface area contributed by atoms with Crippen molar-refractivity contribution in [1.82, 2.24) is 20.5 Å². The average molecular weight is 486 g/mol. The number of methoxy groups -OCH3 is 1. The van der Waals surface area contributed by atoms with Gasteiger partial charge in [-0.1, -0.05) is 6.07 Å². The van der Waals surface area contributed by atoms with Crippen LogP contribution in [0.5, 0.6) is 5.75 Å². The highest BCUT2D eigenvalue weighted by molar-refractivity contribution is 6.00. The van der Waals surface area contributed by atoms with Gasteiger partial charge in [0.1, 0.15) is 17.5 Å². The molecule has 4 fully saturated rings. The second-order valence-electron chi connectivity index (χ2n) is 9.57. The van der Waals surface area contributed by atoms with Crippen molar-refractivity contribution in [3.05, 3.63) is 30.0 Å². The van der Waals surface area contributed by atoms with Crippen molar-refractivity contribution < 1.29 is 23.4 Å². The Kier molecular flexibility index (Phi) is 7.91. The van der Waals surface area contributed by atoms with Gasteiger partial charge in [-0.25, -0.2) is 0 Å². The van der Waals surface area contributed by atoms with Crippen LogP contribution in [0.15, 0.2) is 24.3 Å². The maximum absolute atomic E-state index is 12.8. The van der Waals surface area contributed by atoms with E-state index in [-0.39, 0.29) is 22.0 Å². The second kappa shape index (κ2) is 11.3. The highest BCUT2D eigenvalue weighted by Gasteiger charge is 2.37. The van der Waals surface area contributed by atoms with Crippen molar-refractivity contribution in [2.75, 3.05) is 20.2 Å². The molecule has 35 heavy (non-hydrogen) atoms. The molecular weight excluding hydrogens is 446 g/mol. The van der Waals surface area contributed by atoms with Crippen molar-refractivity contribution in [2.24, 2.45) is 11.8 Å². The van der Waals surface area contributed by atoms with Crippen LogP contribution in [0.25, 0.3) is 10.9 Å². The van der Waals surface area contributed by atoms with E-state index in [2.05, 4.69) is 20.5 Å². The fourth-order valence-electron chi connectivity index (χ4n) is 5.48. The lowest BCUT2D eigenvalue weighted by atomic mass is 9.80. The number of amides is 3. The van der Waals surface area contributed by atoms with E-state index in [9.17, 15) is 14.4 Å². The monoisotopic (exact) mass is 485 g/mol. The van der Waals surface area contributed by atoms with Crippen LogP contribution in [0.2, 0.25) is 0 Å². The number of benzene rings is 1. The van der Waals surface area contributed by atoms with Crippen molar-refractivity contribution >= 4 is 29.1 Å². The first-order chi connectivity index (χ1) is 17.0. The van der Waals surface area contributed by atoms with Gasteiger partial charge in [0.05, 0.1) is 13.2 Å². The van der Waals surface area contributed by atoms with Gasteiger partial charge < -0.3 is 25.3 Å². The summed E-state index contributed by atoms with van der Waals surface area (Å²) in [7, 11) is 1.66. The Morgan fingerprint density at radius 1 is 1.34 bits per heavy atom. The summed E-state index contributed by atoms with van der Waals surface area (Å²) in [6.45, 7) is 1.64. The molecule has 1 aliphatic carbocycles. The lowest BCUT2D eigenvalue weighted by Crippen LogP contribution is -2.50. The van der Waals surface area contributed by atoms with E-state index in [1.165, 1.54) is 25.7 Å². The van der Waals surface area contributed by atoms with Gasteiger partial charge >= 0.3 is 0 Å². The van der Waals surface area contributed by atoms with E-state index in [4.69, 9.17) is 10.00 Å². The highest BCUT2D eigenvalue weighted by Crippen LogP contribution is 2.36. The zero-order valence-corrected chi connectivity index (χ0v) is 20.1. The van der Waals surface area contributed by atoms with Gasteiger partial charge in [-0.05, 0) is 69.1 Å². The molecule has 3 N–H and O–H groups in total. The number of fused-ring (bicyclic) bond motifs is 4. The third-order valence-corrected chi connectivity index (χ3v) is 7.39. The first-order valence-corrected chi connectivity index (χ1v) is 12.4. The molecule has 3 saturated heterocycles. The Bertz CT molecular complexity index is 1110. The van der Waals surface area contributed by atoms with Crippen molar-refractivity contribution in [3.8, 4) is 11.8 Å². The summed E-state index contributed by atoms with van der Waals surface area (Å²) in [4.78, 5) is 39.6. The van der Waals surface area contributed by atoms with Crippen molar-refractivity contribution in [2.45, 2.75) is 57.0 Å². The number of aromatic nitrogens is 1. The Morgan fingerprint density at radius 3 is 2.77 bits per heavy atom. The Balaban J connectivity index is 0.000000379. The first kappa shape index (κ1) is 24.6. The molecule has 6 rings (SSSR count). The third kappa shape index (κ3) is 5.59. The largest absolute Gasteiger partial charge is 0.496 e. The number of nitriles is 1. The number of carbonyl (C=O) groups is 3. The number of rotatable bonds is 6. The predicted molar refractivity (Wildman–Crippen MR) is 137 cm³/mol. The van der Waals surface area contributed by atoms with Crippen LogP contribution < -0.4 is 15.4 Å². The van der Waals surface area contributed by atoms with Gasteiger partial charge in [0.15, 0.2) is 0 Å². The first-order valence-electron chi connectivity index (χ1n) is 12.4. The van der Waals surface area contributed by atoms with Crippen LogP contribution in [0.4, 0.5) is 0 Å². The SMILES string of the molecule is COc1cccc2[nH]c(C(=O)N3CC4CCC3CC4)cc12.N#C[C@H](C[C@@H]1CCCNC1=O)NC=O.[HH].[HH].[HH]. The van der Waals surface area contributed by atoms with E-state index in [1.807, 2.05) is 30.3 Å². The molecular formula is C26H39N5O4. The molecule has 0 spiro atoms. The molecule has 4 aliphatic rings. The fourth-order valence-corrected chi connectivity index (χ4v) is 5.48. The lowest BCUT2D eigenvalue weighted by molar-refractivity contribution is -0.127. The van der Waals surface area contributed by atoms with Crippen LogP contribution in [0.3, 0.4) is 0 Å². The zero-order valence-electron chi connectivity index (χ0n) is 20.1. The number of piperidine rings is 3. The Morgan fingerprint density at radius 2 is 2.14 bits per heavy atom. The number of nitrogens with one attached hydrogen (secondary N) is 3. The van der Waals surface area contributed by atoms with Gasteiger partial charge in [-0.15, -0.1) is 0 Å². The average Bonchev–Trinajstić information content (AvgIpc) is 3.35. The minimum Gasteiger partial charge on any atom is -0.496 e. The maximum Gasteiger partial charge on any atom is 0.270 e. The van der Waals surface area contributed by atoms with Crippen LogP contribution >= 0.6 is 0 Å². The van der Waals surface area contributed by atoms with Crippen molar-refractivity contribution in [1.29, 1.82) is 5.26 Å². The number of carbonyl (C=O) groups excluding carboxylic acids is 3. The number of hydrogen-bond acceptors (Lipinski definition) is 5. The smallest absolute Gasteiger partial charge is 0.270 e. The van der Waals surface area contributed by atoms with Crippen LogP contribution in [0.1, 0.15) is 59.7 Å². The molecule has 2 atom stereocenters. The van der Waals surface area contributed by atoms with E-state index in [0.29, 0.717) is 37.0 Å². The second-order valence-corrected chi connectivity index (χ2v) is 9.57. The molecule has 192 valence electrons. The van der Waals surface area contributed by atoms with Crippen LogP contribution in [-0.4, -0.2) is 60.4 Å². The number of ether oxygens (including phenoxy) is 1. The molecule has 0 unspecified atom stereocenters. The molecule has 1 aromatic carbocycles. The quantitative estimate of drug-likeness (QED) is 0.540. The lowest BCUT2D eigenvalue weighted by Gasteiger charge is -2.45. The molecule has 2 bridgehead atoms. The summed E-state index contributed by atoms with van der Waals surface area (Å²) in [5, 5.41) is 14.8. The van der Waals surface area contributed by atoms with Crippen LogP contribution in [0, 0.1) is 23.2 Å². The Hall–Kier alpha value is -3.54. The summed E-state index contributed by atoms with van der Waals surface area (Å²) < 4.78 is 5.37. The fraction of sp³-hybridized carbons (Fsp3) is 0.538. The molecule has 2 aromatic rings. The van der Waals surface area contributed by atoms with E-state index in [0.717, 1.165) is 36.0 Å². The standard InChI is InChI=1S/C17H20N2O2.C9H13N3O2.3H2/c1-21-16-4-2-3-14-13(16)9-15(18-14)17(20)19-10-11-5-7-12(19)8-6-11;10-5-8(12-6-13)4-7-2-1-3-11-9(7)14;;;/h2-4,9,11-12,18H,5-8,10H2,1H3;6-8H,1-4H2,(H,11,14)(H,12,13);3*1H/t;7-,8-;;;/m.0.../s1. The summed E-state index contributed by atoms with van der Waals surface area (Å²) in [5.74, 6) is 1.51. The van der Waals surface area contributed by atoms with E-state index >= 15 is 0 Å². The highest BCUT2D eigenvalue weighted by atomic mass is 16.5. The van der Waals surface area contributed by atoms with Gasteiger partial charge in [0, 0.05) is 40.2 Å². The van der Waals surface area contributed by atoms with Gasteiger partial charge in [-0.3, -0.25) is 14.4 Å².